The van der Waals surface area contributed by atoms with E-state index in [1.54, 1.807) is 0 Å². The third-order valence-corrected chi connectivity index (χ3v) is 3.31. The number of aromatic nitrogens is 3. The summed E-state index contributed by atoms with van der Waals surface area (Å²) < 4.78 is 2.12. The Hall–Kier alpha value is -2.16. The maximum atomic E-state index is 4.73. The van der Waals surface area contributed by atoms with E-state index >= 15 is 0 Å². The van der Waals surface area contributed by atoms with Crippen molar-refractivity contribution in [3.63, 3.8) is 0 Å². The fourth-order valence-corrected chi connectivity index (χ4v) is 2.24. The number of fused-ring (bicyclic) bond motifs is 1. The Morgan fingerprint density at radius 3 is 2.72 bits per heavy atom. The van der Waals surface area contributed by atoms with E-state index in [1.807, 2.05) is 18.5 Å². The lowest BCUT2D eigenvalue weighted by atomic mass is 10.1. The molecule has 0 unspecified atom stereocenters. The number of aryl methyl sites for hydroxylation is 3. The van der Waals surface area contributed by atoms with Gasteiger partial charge in [0.25, 0.3) is 0 Å². The first kappa shape index (κ1) is 11.0. The van der Waals surface area contributed by atoms with Gasteiger partial charge in [-0.05, 0) is 50.1 Å². The Labute approximate surface area is 106 Å². The lowest BCUT2D eigenvalue weighted by molar-refractivity contribution is 1.10. The predicted molar refractivity (Wildman–Crippen MR) is 72.6 cm³/mol. The van der Waals surface area contributed by atoms with Crippen LogP contribution in [0.5, 0.6) is 0 Å². The fraction of sp³-hybridized carbons (Fsp3) is 0.200. The molecule has 0 saturated carbocycles. The number of pyridine rings is 2. The molecular weight excluding hydrogens is 222 g/mol. The van der Waals surface area contributed by atoms with E-state index in [4.69, 9.17) is 4.98 Å². The van der Waals surface area contributed by atoms with Gasteiger partial charge in [0.05, 0.1) is 5.69 Å². The normalized spacial score (nSPS) is 11.1. The minimum atomic E-state index is 0.991. The maximum Gasteiger partial charge on any atom is 0.137 e. The average molecular weight is 237 g/mol. The first-order chi connectivity index (χ1) is 8.66. The Bertz CT molecular complexity index is 726. The smallest absolute Gasteiger partial charge is 0.137 e. The first-order valence-electron chi connectivity index (χ1n) is 6.03. The molecule has 0 aliphatic heterocycles. The molecule has 0 aliphatic rings. The Morgan fingerprint density at radius 2 is 1.94 bits per heavy atom. The first-order valence-corrected chi connectivity index (χ1v) is 6.03. The van der Waals surface area contributed by atoms with Gasteiger partial charge in [0.2, 0.25) is 0 Å². The highest BCUT2D eigenvalue weighted by Gasteiger charge is 2.12. The summed E-state index contributed by atoms with van der Waals surface area (Å²) in [7, 11) is 0. The van der Waals surface area contributed by atoms with Crippen LogP contribution in [0.1, 0.15) is 16.8 Å². The standard InChI is InChI=1S/C15H15N3/c1-10-5-7-18-12(3)15(17-14(18)8-10)13-9-16-6-4-11(13)2/h4-9H,1-3H3. The van der Waals surface area contributed by atoms with Crippen molar-refractivity contribution in [2.75, 3.05) is 0 Å². The molecule has 3 aromatic heterocycles. The quantitative estimate of drug-likeness (QED) is 0.650. The molecular formula is C15H15N3. The number of hydrogen-bond donors (Lipinski definition) is 0. The molecule has 3 aromatic rings. The van der Waals surface area contributed by atoms with Crippen molar-refractivity contribution in [3.8, 4) is 11.3 Å². The van der Waals surface area contributed by atoms with E-state index in [9.17, 15) is 0 Å². The van der Waals surface area contributed by atoms with Crippen molar-refractivity contribution >= 4 is 5.65 Å². The minimum Gasteiger partial charge on any atom is -0.304 e. The van der Waals surface area contributed by atoms with Crippen molar-refractivity contribution in [1.82, 2.24) is 14.4 Å². The summed E-state index contributed by atoms with van der Waals surface area (Å²) in [4.78, 5) is 8.93. The third kappa shape index (κ3) is 1.59. The summed E-state index contributed by atoms with van der Waals surface area (Å²) in [6.07, 6.45) is 5.77. The van der Waals surface area contributed by atoms with Gasteiger partial charge in [-0.15, -0.1) is 0 Å². The second-order valence-corrected chi connectivity index (χ2v) is 4.67. The summed E-state index contributed by atoms with van der Waals surface area (Å²) in [5, 5.41) is 0. The molecule has 3 heterocycles. The number of hydrogen-bond acceptors (Lipinski definition) is 2. The van der Waals surface area contributed by atoms with Gasteiger partial charge < -0.3 is 4.40 Å². The molecule has 0 amide bonds. The number of nitrogens with zero attached hydrogens (tertiary/aromatic N) is 3. The van der Waals surface area contributed by atoms with Crippen LogP contribution in [-0.4, -0.2) is 14.4 Å². The Morgan fingerprint density at radius 1 is 1.11 bits per heavy atom. The van der Waals surface area contributed by atoms with Crippen molar-refractivity contribution in [1.29, 1.82) is 0 Å². The third-order valence-electron chi connectivity index (χ3n) is 3.31. The zero-order valence-corrected chi connectivity index (χ0v) is 10.8. The van der Waals surface area contributed by atoms with Gasteiger partial charge in [-0.25, -0.2) is 4.98 Å². The highest BCUT2D eigenvalue weighted by atomic mass is 15.0. The summed E-state index contributed by atoms with van der Waals surface area (Å²) in [5.74, 6) is 0. The average Bonchev–Trinajstić information content (AvgIpc) is 2.67. The zero-order valence-electron chi connectivity index (χ0n) is 10.8. The molecule has 3 heteroatoms. The SMILES string of the molecule is Cc1ccn2c(C)c(-c3cnccc3C)nc2c1. The van der Waals surface area contributed by atoms with Crippen LogP contribution < -0.4 is 0 Å². The highest BCUT2D eigenvalue weighted by molar-refractivity contribution is 5.68. The van der Waals surface area contributed by atoms with Crippen LogP contribution in [0.2, 0.25) is 0 Å². The predicted octanol–water partition coefficient (Wildman–Crippen LogP) is 3.32. The summed E-state index contributed by atoms with van der Waals surface area (Å²) in [6.45, 7) is 6.27. The van der Waals surface area contributed by atoms with Gasteiger partial charge >= 0.3 is 0 Å². The van der Waals surface area contributed by atoms with E-state index in [2.05, 4.69) is 48.5 Å². The van der Waals surface area contributed by atoms with Crippen LogP contribution in [0.4, 0.5) is 0 Å². The van der Waals surface area contributed by atoms with Crippen molar-refractivity contribution in [3.05, 3.63) is 53.6 Å². The van der Waals surface area contributed by atoms with Crippen LogP contribution in [0.25, 0.3) is 16.9 Å². The highest BCUT2D eigenvalue weighted by Crippen LogP contribution is 2.26. The topological polar surface area (TPSA) is 30.2 Å². The number of rotatable bonds is 1. The minimum absolute atomic E-state index is 0.991. The van der Waals surface area contributed by atoms with Gasteiger partial charge in [-0.2, -0.15) is 0 Å². The summed E-state index contributed by atoms with van der Waals surface area (Å²) in [6, 6.07) is 6.22. The number of imidazole rings is 1. The second-order valence-electron chi connectivity index (χ2n) is 4.67. The molecule has 0 N–H and O–H groups in total. The van der Waals surface area contributed by atoms with E-state index in [-0.39, 0.29) is 0 Å². The van der Waals surface area contributed by atoms with Gasteiger partial charge in [0.15, 0.2) is 0 Å². The van der Waals surface area contributed by atoms with Crippen LogP contribution >= 0.6 is 0 Å². The van der Waals surface area contributed by atoms with E-state index < -0.39 is 0 Å². The van der Waals surface area contributed by atoms with Crippen LogP contribution in [-0.2, 0) is 0 Å². The lowest BCUT2D eigenvalue weighted by Gasteiger charge is -2.02. The summed E-state index contributed by atoms with van der Waals surface area (Å²) >= 11 is 0. The van der Waals surface area contributed by atoms with E-state index in [0.29, 0.717) is 0 Å². The van der Waals surface area contributed by atoms with E-state index in [1.165, 1.54) is 11.1 Å². The Balaban J connectivity index is 2.31. The molecule has 0 saturated heterocycles. The molecule has 0 aliphatic carbocycles. The van der Waals surface area contributed by atoms with Gasteiger partial charge in [0.1, 0.15) is 5.65 Å². The molecule has 0 fully saturated rings. The lowest BCUT2D eigenvalue weighted by Crippen LogP contribution is -1.89. The van der Waals surface area contributed by atoms with Crippen LogP contribution in [0, 0.1) is 20.8 Å². The summed E-state index contributed by atoms with van der Waals surface area (Å²) in [5.41, 5.74) is 6.70. The molecule has 3 rings (SSSR count). The molecule has 0 bridgehead atoms. The van der Waals surface area contributed by atoms with Gasteiger partial charge in [0, 0.05) is 29.8 Å². The van der Waals surface area contributed by atoms with E-state index in [0.717, 1.165) is 22.6 Å². The largest absolute Gasteiger partial charge is 0.304 e. The molecule has 0 aromatic carbocycles. The van der Waals surface area contributed by atoms with Crippen LogP contribution in [0.3, 0.4) is 0 Å². The zero-order chi connectivity index (χ0) is 12.7. The molecule has 3 nitrogen and oxygen atoms in total. The Kier molecular flexibility index (Phi) is 2.40. The molecule has 18 heavy (non-hydrogen) atoms. The van der Waals surface area contributed by atoms with Crippen molar-refractivity contribution in [2.45, 2.75) is 20.8 Å². The maximum absolute atomic E-state index is 4.73. The molecule has 0 atom stereocenters. The fourth-order valence-electron chi connectivity index (χ4n) is 2.24. The van der Waals surface area contributed by atoms with Crippen molar-refractivity contribution in [2.24, 2.45) is 0 Å². The van der Waals surface area contributed by atoms with Crippen LogP contribution in [0.15, 0.2) is 36.8 Å². The monoisotopic (exact) mass is 237 g/mol. The van der Waals surface area contributed by atoms with Gasteiger partial charge in [-0.1, -0.05) is 0 Å². The van der Waals surface area contributed by atoms with Crippen molar-refractivity contribution < 1.29 is 0 Å². The molecule has 90 valence electrons. The van der Waals surface area contributed by atoms with Gasteiger partial charge in [-0.3, -0.25) is 4.98 Å². The molecule has 0 radical (unpaired) electrons. The molecule has 0 spiro atoms. The second kappa shape index (κ2) is 3.95.